The monoisotopic (exact) mass is 557 g/mol. The first-order valence-corrected chi connectivity index (χ1v) is 15.5. The Kier molecular flexibility index (Phi) is 5.00. The van der Waals surface area contributed by atoms with E-state index in [1.165, 1.54) is 79.3 Å². The van der Waals surface area contributed by atoms with Gasteiger partial charge in [0, 0.05) is 41.3 Å². The fourth-order valence-electron chi connectivity index (χ4n) is 6.36. The summed E-state index contributed by atoms with van der Waals surface area (Å²) in [5, 5.41) is 5.28. The van der Waals surface area contributed by atoms with Gasteiger partial charge in [0.2, 0.25) is 0 Å². The van der Waals surface area contributed by atoms with Gasteiger partial charge in [-0.05, 0) is 70.8 Å². The minimum atomic E-state index is 1.19. The molecule has 3 heteroatoms. The van der Waals surface area contributed by atoms with Gasteiger partial charge in [-0.15, -0.1) is 22.7 Å². The van der Waals surface area contributed by atoms with Crippen LogP contribution in [0.3, 0.4) is 0 Å². The summed E-state index contributed by atoms with van der Waals surface area (Å²) in [6, 6.07) is 51.1. The smallest absolute Gasteiger partial charge is 0.0727 e. The van der Waals surface area contributed by atoms with Gasteiger partial charge in [0.25, 0.3) is 0 Å². The molecule has 0 bridgehead atoms. The first-order valence-electron chi connectivity index (χ1n) is 13.9. The zero-order valence-electron chi connectivity index (χ0n) is 22.0. The standard InChI is InChI=1S/C38H23NS2/c1-2-10-26(11-3-1)39-33-16-8-6-15-30(33)38-37(39)32-23-25(19-21-36(32)41-38)28-13-5-4-12-27(28)24-18-20-35-31(22-24)29-14-7-9-17-34(29)40-35/h1-23H. The van der Waals surface area contributed by atoms with Gasteiger partial charge in [0.1, 0.15) is 0 Å². The Balaban J connectivity index is 1.29. The molecule has 0 aliphatic carbocycles. The largest absolute Gasteiger partial charge is 0.308 e. The summed E-state index contributed by atoms with van der Waals surface area (Å²) in [7, 11) is 0. The Labute approximate surface area is 245 Å². The molecule has 0 spiro atoms. The summed E-state index contributed by atoms with van der Waals surface area (Å²) >= 11 is 3.76. The molecular weight excluding hydrogens is 535 g/mol. The molecule has 3 heterocycles. The summed E-state index contributed by atoms with van der Waals surface area (Å²) in [5.41, 5.74) is 8.76. The van der Waals surface area contributed by atoms with E-state index in [4.69, 9.17) is 0 Å². The van der Waals surface area contributed by atoms with Gasteiger partial charge in [0.15, 0.2) is 0 Å². The van der Waals surface area contributed by atoms with Crippen LogP contribution in [0.15, 0.2) is 140 Å². The normalized spacial score (nSPS) is 11.9. The zero-order valence-corrected chi connectivity index (χ0v) is 23.7. The van der Waals surface area contributed by atoms with E-state index in [0.29, 0.717) is 0 Å². The van der Waals surface area contributed by atoms with E-state index < -0.39 is 0 Å². The van der Waals surface area contributed by atoms with Crippen LogP contribution in [-0.2, 0) is 0 Å². The average Bonchev–Trinajstić information content (AvgIpc) is 3.70. The van der Waals surface area contributed by atoms with Crippen LogP contribution in [0.5, 0.6) is 0 Å². The van der Waals surface area contributed by atoms with E-state index in [0.717, 1.165) is 0 Å². The number of para-hydroxylation sites is 2. The van der Waals surface area contributed by atoms with Crippen molar-refractivity contribution in [3.8, 4) is 27.9 Å². The Morgan fingerprint density at radius 3 is 1.78 bits per heavy atom. The first kappa shape index (κ1) is 23.0. The number of fused-ring (bicyclic) bond motifs is 8. The second-order valence-electron chi connectivity index (χ2n) is 10.5. The SMILES string of the molecule is c1ccc(-n2c3ccccc3c3sc4ccc(-c5ccccc5-c5ccc6sc7ccccc7c6c5)cc4c32)cc1. The number of nitrogens with zero attached hydrogens (tertiary/aromatic N) is 1. The highest BCUT2D eigenvalue weighted by atomic mass is 32.1. The molecular formula is C38H23NS2. The van der Waals surface area contributed by atoms with Gasteiger partial charge in [-0.25, -0.2) is 0 Å². The molecule has 0 N–H and O–H groups in total. The second-order valence-corrected chi connectivity index (χ2v) is 12.7. The van der Waals surface area contributed by atoms with Gasteiger partial charge in [-0.3, -0.25) is 0 Å². The molecule has 9 aromatic rings. The van der Waals surface area contributed by atoms with Gasteiger partial charge < -0.3 is 4.57 Å². The summed E-state index contributed by atoms with van der Waals surface area (Å²) in [5.74, 6) is 0. The fourth-order valence-corrected chi connectivity index (χ4v) is 8.65. The summed E-state index contributed by atoms with van der Waals surface area (Å²) < 4.78 is 7.78. The zero-order chi connectivity index (χ0) is 26.9. The van der Waals surface area contributed by atoms with Crippen LogP contribution in [-0.4, -0.2) is 4.57 Å². The van der Waals surface area contributed by atoms with Crippen molar-refractivity contribution in [2.24, 2.45) is 0 Å². The molecule has 0 saturated heterocycles. The molecule has 0 amide bonds. The predicted octanol–water partition coefficient (Wildman–Crippen LogP) is 11.7. The second kappa shape index (κ2) is 8.90. The van der Waals surface area contributed by atoms with Gasteiger partial charge in [-0.1, -0.05) is 91.0 Å². The quantitative estimate of drug-likeness (QED) is 0.204. The lowest BCUT2D eigenvalue weighted by Gasteiger charge is -2.12. The molecule has 3 aromatic heterocycles. The minimum Gasteiger partial charge on any atom is -0.308 e. The van der Waals surface area contributed by atoms with Crippen LogP contribution >= 0.6 is 22.7 Å². The molecule has 0 fully saturated rings. The molecule has 0 radical (unpaired) electrons. The maximum atomic E-state index is 2.44. The van der Waals surface area contributed by atoms with Gasteiger partial charge in [0.05, 0.1) is 15.7 Å². The predicted molar refractivity (Wildman–Crippen MR) is 180 cm³/mol. The lowest BCUT2D eigenvalue weighted by Crippen LogP contribution is -1.93. The van der Waals surface area contributed by atoms with Crippen molar-refractivity contribution in [1.82, 2.24) is 4.57 Å². The van der Waals surface area contributed by atoms with Crippen LogP contribution in [0, 0.1) is 0 Å². The third-order valence-electron chi connectivity index (χ3n) is 8.22. The minimum absolute atomic E-state index is 1.19. The summed E-state index contributed by atoms with van der Waals surface area (Å²) in [4.78, 5) is 0. The van der Waals surface area contributed by atoms with E-state index in [1.807, 2.05) is 22.7 Å². The van der Waals surface area contributed by atoms with E-state index in [2.05, 4.69) is 144 Å². The highest BCUT2D eigenvalue weighted by Gasteiger charge is 2.19. The number of hydrogen-bond donors (Lipinski definition) is 0. The molecule has 1 nitrogen and oxygen atoms in total. The van der Waals surface area contributed by atoms with Crippen LogP contribution in [0.25, 0.3) is 79.3 Å². The number of aromatic nitrogens is 1. The molecule has 0 unspecified atom stereocenters. The van der Waals surface area contributed by atoms with Crippen molar-refractivity contribution >= 4 is 74.1 Å². The lowest BCUT2D eigenvalue weighted by atomic mass is 9.93. The van der Waals surface area contributed by atoms with Crippen LogP contribution < -0.4 is 0 Å². The van der Waals surface area contributed by atoms with Crippen LogP contribution in [0.2, 0.25) is 0 Å². The van der Waals surface area contributed by atoms with Crippen LogP contribution in [0.1, 0.15) is 0 Å². The van der Waals surface area contributed by atoms with Crippen molar-refractivity contribution in [3.05, 3.63) is 140 Å². The molecule has 0 saturated carbocycles. The Morgan fingerprint density at radius 1 is 0.415 bits per heavy atom. The molecule has 0 atom stereocenters. The van der Waals surface area contributed by atoms with E-state index in [-0.39, 0.29) is 0 Å². The fraction of sp³-hybridized carbons (Fsp3) is 0. The lowest BCUT2D eigenvalue weighted by molar-refractivity contribution is 1.19. The van der Waals surface area contributed by atoms with Crippen molar-refractivity contribution in [2.75, 3.05) is 0 Å². The number of hydrogen-bond acceptors (Lipinski definition) is 2. The van der Waals surface area contributed by atoms with Gasteiger partial charge in [-0.2, -0.15) is 0 Å². The topological polar surface area (TPSA) is 4.93 Å². The van der Waals surface area contributed by atoms with E-state index >= 15 is 0 Å². The Morgan fingerprint density at radius 2 is 1.00 bits per heavy atom. The molecule has 0 aliphatic rings. The molecule has 6 aromatic carbocycles. The highest BCUT2D eigenvalue weighted by molar-refractivity contribution is 7.26. The first-order chi connectivity index (χ1) is 20.3. The highest BCUT2D eigenvalue weighted by Crippen LogP contribution is 2.45. The maximum absolute atomic E-state index is 2.44. The van der Waals surface area contributed by atoms with Gasteiger partial charge >= 0.3 is 0 Å². The van der Waals surface area contributed by atoms with Crippen molar-refractivity contribution in [3.63, 3.8) is 0 Å². The summed E-state index contributed by atoms with van der Waals surface area (Å²) in [6.45, 7) is 0. The van der Waals surface area contributed by atoms with Crippen molar-refractivity contribution in [2.45, 2.75) is 0 Å². The Bertz CT molecular complexity index is 2420. The maximum Gasteiger partial charge on any atom is 0.0727 e. The number of rotatable bonds is 3. The van der Waals surface area contributed by atoms with Crippen LogP contribution in [0.4, 0.5) is 0 Å². The van der Waals surface area contributed by atoms with E-state index in [9.17, 15) is 0 Å². The van der Waals surface area contributed by atoms with Crippen molar-refractivity contribution in [1.29, 1.82) is 0 Å². The van der Waals surface area contributed by atoms with E-state index in [1.54, 1.807) is 0 Å². The third-order valence-corrected chi connectivity index (χ3v) is 10.6. The molecule has 9 rings (SSSR count). The molecule has 41 heavy (non-hydrogen) atoms. The van der Waals surface area contributed by atoms with Crippen molar-refractivity contribution < 1.29 is 0 Å². The summed E-state index contributed by atoms with van der Waals surface area (Å²) in [6.07, 6.45) is 0. The number of benzene rings is 6. The average molecular weight is 558 g/mol. The molecule has 192 valence electrons. The third kappa shape index (κ3) is 3.46. The number of thiophene rings is 2. The molecule has 0 aliphatic heterocycles. The Hall–Kier alpha value is -4.70.